The van der Waals surface area contributed by atoms with Crippen LogP contribution in [0, 0.1) is 0 Å². The van der Waals surface area contributed by atoms with Crippen LogP contribution in [0.5, 0.6) is 0 Å². The van der Waals surface area contributed by atoms with Crippen molar-refractivity contribution in [2.24, 2.45) is 9.98 Å². The number of aromatic nitrogens is 1. The van der Waals surface area contributed by atoms with Crippen LogP contribution in [-0.2, 0) is 4.74 Å². The number of pyridine rings is 1. The average Bonchev–Trinajstić information content (AvgIpc) is 3.46. The van der Waals surface area contributed by atoms with Crippen LogP contribution in [0.15, 0.2) is 88.8 Å². The molecule has 2 aliphatic heterocycles. The van der Waals surface area contributed by atoms with Gasteiger partial charge in [-0.05, 0) is 23.3 Å². The zero-order valence-corrected chi connectivity index (χ0v) is 15.3. The first kappa shape index (κ1) is 16.7. The Labute approximate surface area is 163 Å². The van der Waals surface area contributed by atoms with E-state index in [1.54, 1.807) is 0 Å². The van der Waals surface area contributed by atoms with Gasteiger partial charge in [0.25, 0.3) is 0 Å². The summed E-state index contributed by atoms with van der Waals surface area (Å²) < 4.78 is 5.84. The van der Waals surface area contributed by atoms with Crippen molar-refractivity contribution in [3.05, 3.63) is 101 Å². The fourth-order valence-electron chi connectivity index (χ4n) is 3.51. The summed E-state index contributed by atoms with van der Waals surface area (Å²) in [5, 5.41) is 3.48. The molecule has 0 radical (unpaired) electrons. The molecule has 2 aromatic carbocycles. The molecule has 5 rings (SSSR count). The van der Waals surface area contributed by atoms with E-state index in [-0.39, 0.29) is 12.1 Å². The summed E-state index contributed by atoms with van der Waals surface area (Å²) in [7, 11) is 0. The molecule has 2 aliphatic rings. The second kappa shape index (κ2) is 7.27. The highest BCUT2D eigenvalue weighted by atomic mass is 16.5. The number of nitrogens with one attached hydrogen (secondary N) is 1. The van der Waals surface area contributed by atoms with E-state index in [2.05, 4.69) is 34.6 Å². The van der Waals surface area contributed by atoms with Gasteiger partial charge in [-0.2, -0.15) is 0 Å². The third-order valence-corrected chi connectivity index (χ3v) is 4.99. The summed E-state index contributed by atoms with van der Waals surface area (Å²) in [6.07, 6.45) is 0. The fourth-order valence-corrected chi connectivity index (χ4v) is 3.51. The predicted octanol–water partition coefficient (Wildman–Crippen LogP) is 3.69. The average molecular weight is 368 g/mol. The standard InChI is InChI=1S/C23H20N4O/c1-3-8-16(9-4-1)20-14-24-22(26-20)18-12-7-13-19(25-18)23-27-21(15-28-23)17-10-5-2-6-11-17/h1-13,20-21H,14-15H2,(H,24,26)/t20-,21?/m0/s1. The molecule has 0 fully saturated rings. The Kier molecular flexibility index (Phi) is 4.33. The second-order valence-electron chi connectivity index (χ2n) is 6.88. The molecule has 5 nitrogen and oxygen atoms in total. The van der Waals surface area contributed by atoms with E-state index in [1.165, 1.54) is 5.56 Å². The summed E-state index contributed by atoms with van der Waals surface area (Å²) in [6, 6.07) is 26.6. The maximum absolute atomic E-state index is 5.84. The van der Waals surface area contributed by atoms with Crippen LogP contribution < -0.4 is 5.32 Å². The van der Waals surface area contributed by atoms with Gasteiger partial charge in [-0.15, -0.1) is 0 Å². The first-order valence-corrected chi connectivity index (χ1v) is 9.46. The molecule has 0 saturated heterocycles. The van der Waals surface area contributed by atoms with Gasteiger partial charge in [-0.3, -0.25) is 4.99 Å². The maximum Gasteiger partial charge on any atom is 0.236 e. The molecular formula is C23H20N4O. The second-order valence-corrected chi connectivity index (χ2v) is 6.88. The Morgan fingerprint density at radius 1 is 0.786 bits per heavy atom. The third-order valence-electron chi connectivity index (χ3n) is 4.99. The molecule has 0 spiro atoms. The topological polar surface area (TPSA) is 58.9 Å². The molecule has 3 heterocycles. The predicted molar refractivity (Wildman–Crippen MR) is 110 cm³/mol. The van der Waals surface area contributed by atoms with E-state index in [4.69, 9.17) is 14.7 Å². The lowest BCUT2D eigenvalue weighted by molar-refractivity contribution is 0.319. The van der Waals surface area contributed by atoms with E-state index < -0.39 is 0 Å². The van der Waals surface area contributed by atoms with Crippen molar-refractivity contribution in [3.8, 4) is 0 Å². The minimum absolute atomic E-state index is 0.0195. The van der Waals surface area contributed by atoms with Crippen LogP contribution in [-0.4, -0.2) is 29.9 Å². The van der Waals surface area contributed by atoms with Crippen molar-refractivity contribution in [1.29, 1.82) is 0 Å². The molecule has 5 heteroatoms. The van der Waals surface area contributed by atoms with Crippen molar-refractivity contribution < 1.29 is 4.74 Å². The maximum atomic E-state index is 5.84. The number of benzene rings is 2. The number of aliphatic imine (C=N–C) groups is 2. The van der Waals surface area contributed by atoms with Gasteiger partial charge < -0.3 is 10.1 Å². The molecule has 28 heavy (non-hydrogen) atoms. The summed E-state index contributed by atoms with van der Waals surface area (Å²) in [5.41, 5.74) is 3.93. The highest BCUT2D eigenvalue weighted by Gasteiger charge is 2.24. The smallest absolute Gasteiger partial charge is 0.236 e. The Hall–Kier alpha value is -3.47. The molecule has 0 bridgehead atoms. The minimum atomic E-state index is 0.0195. The number of hydrogen-bond donors (Lipinski definition) is 1. The molecule has 3 aromatic rings. The Morgan fingerprint density at radius 2 is 1.50 bits per heavy atom. The van der Waals surface area contributed by atoms with Gasteiger partial charge in [0.1, 0.15) is 29.9 Å². The van der Waals surface area contributed by atoms with Crippen LogP contribution in [0.25, 0.3) is 0 Å². The van der Waals surface area contributed by atoms with Gasteiger partial charge in [0.05, 0.1) is 12.6 Å². The van der Waals surface area contributed by atoms with E-state index in [0.717, 1.165) is 22.8 Å². The SMILES string of the molecule is c1ccc(C2COC(c3cccc(C4=NC[C@@H](c5ccccc5)N4)n3)=N2)cc1. The van der Waals surface area contributed by atoms with Gasteiger partial charge in [0.2, 0.25) is 5.90 Å². The number of hydrogen-bond acceptors (Lipinski definition) is 5. The summed E-state index contributed by atoms with van der Waals surface area (Å²) in [5.74, 6) is 1.41. The molecule has 0 saturated carbocycles. The Bertz CT molecular complexity index is 1030. The highest BCUT2D eigenvalue weighted by molar-refractivity contribution is 6.00. The fraction of sp³-hybridized carbons (Fsp3) is 0.174. The van der Waals surface area contributed by atoms with Crippen molar-refractivity contribution in [1.82, 2.24) is 10.3 Å². The van der Waals surface area contributed by atoms with Gasteiger partial charge in [-0.25, -0.2) is 9.98 Å². The van der Waals surface area contributed by atoms with Crippen molar-refractivity contribution in [3.63, 3.8) is 0 Å². The lowest BCUT2D eigenvalue weighted by Gasteiger charge is -2.12. The molecule has 0 amide bonds. The summed E-state index contributed by atoms with van der Waals surface area (Å²) >= 11 is 0. The molecule has 1 N–H and O–H groups in total. The number of ether oxygens (including phenoxy) is 1. The van der Waals surface area contributed by atoms with Crippen LogP contribution in [0.3, 0.4) is 0 Å². The van der Waals surface area contributed by atoms with Gasteiger partial charge >= 0.3 is 0 Å². The number of nitrogens with zero attached hydrogens (tertiary/aromatic N) is 3. The van der Waals surface area contributed by atoms with E-state index in [1.807, 2.05) is 54.6 Å². The number of amidine groups is 1. The van der Waals surface area contributed by atoms with Gasteiger partial charge in [0, 0.05) is 0 Å². The quantitative estimate of drug-likeness (QED) is 0.764. The Balaban J connectivity index is 1.35. The van der Waals surface area contributed by atoms with E-state index >= 15 is 0 Å². The van der Waals surface area contributed by atoms with Crippen molar-refractivity contribution >= 4 is 11.7 Å². The molecular weight excluding hydrogens is 348 g/mol. The molecule has 138 valence electrons. The largest absolute Gasteiger partial charge is 0.474 e. The van der Waals surface area contributed by atoms with E-state index in [9.17, 15) is 0 Å². The zero-order valence-electron chi connectivity index (χ0n) is 15.3. The molecule has 0 aliphatic carbocycles. The van der Waals surface area contributed by atoms with E-state index in [0.29, 0.717) is 19.0 Å². The van der Waals surface area contributed by atoms with Gasteiger partial charge in [0.15, 0.2) is 0 Å². The first-order chi connectivity index (χ1) is 13.9. The lowest BCUT2D eigenvalue weighted by Crippen LogP contribution is -2.25. The van der Waals surface area contributed by atoms with Crippen LogP contribution in [0.2, 0.25) is 0 Å². The molecule has 1 unspecified atom stereocenters. The third kappa shape index (κ3) is 3.27. The van der Waals surface area contributed by atoms with Crippen LogP contribution >= 0.6 is 0 Å². The van der Waals surface area contributed by atoms with Gasteiger partial charge in [-0.1, -0.05) is 66.7 Å². The monoisotopic (exact) mass is 368 g/mol. The first-order valence-electron chi connectivity index (χ1n) is 9.46. The van der Waals surface area contributed by atoms with Crippen molar-refractivity contribution in [2.45, 2.75) is 12.1 Å². The zero-order chi connectivity index (χ0) is 18.8. The van der Waals surface area contributed by atoms with Crippen LogP contribution in [0.1, 0.15) is 34.6 Å². The lowest BCUT2D eigenvalue weighted by atomic mass is 10.1. The normalized spacial score (nSPS) is 20.9. The molecule has 2 atom stereocenters. The Morgan fingerprint density at radius 3 is 2.29 bits per heavy atom. The minimum Gasteiger partial charge on any atom is -0.474 e. The van der Waals surface area contributed by atoms with Crippen molar-refractivity contribution in [2.75, 3.05) is 13.2 Å². The summed E-state index contributed by atoms with van der Waals surface area (Å²) in [4.78, 5) is 14.1. The summed E-state index contributed by atoms with van der Waals surface area (Å²) in [6.45, 7) is 1.25. The number of rotatable bonds is 4. The van der Waals surface area contributed by atoms with Crippen LogP contribution in [0.4, 0.5) is 0 Å². The molecule has 1 aromatic heterocycles. The highest BCUT2D eigenvalue weighted by Crippen LogP contribution is 2.25.